The standard InChI is InChI=1S/C25H19F2N5O2S/c1-14-9-19(27)20(11-15(14)5-6-17-12-35-24-22(17)23(28)29-13-30-24)31-25(33)32-21(7-8-34-32)16-3-2-4-18(26)10-16/h2-4,9-13,21H,7-8H2,1H3,(H,31,33)(H2,28,29,30)/t21-/m1/s1. The molecule has 0 bridgehead atoms. The average molecular weight is 492 g/mol. The average Bonchev–Trinajstić information content (AvgIpc) is 3.48. The number of benzene rings is 2. The third kappa shape index (κ3) is 4.51. The molecule has 10 heteroatoms. The molecule has 2 aromatic heterocycles. The third-order valence-corrected chi connectivity index (χ3v) is 6.51. The number of fused-ring (bicyclic) bond motifs is 1. The number of thiophene rings is 1. The maximum absolute atomic E-state index is 14.7. The van der Waals surface area contributed by atoms with Crippen molar-refractivity contribution < 1.29 is 18.4 Å². The molecule has 1 aliphatic heterocycles. The Hall–Kier alpha value is -4.07. The van der Waals surface area contributed by atoms with E-state index >= 15 is 0 Å². The summed E-state index contributed by atoms with van der Waals surface area (Å²) in [6.45, 7) is 2.01. The van der Waals surface area contributed by atoms with Gasteiger partial charge in [0, 0.05) is 22.9 Å². The van der Waals surface area contributed by atoms with Gasteiger partial charge < -0.3 is 11.1 Å². The van der Waals surface area contributed by atoms with Gasteiger partial charge in [0.05, 0.1) is 23.7 Å². The highest BCUT2D eigenvalue weighted by Gasteiger charge is 2.32. The number of rotatable bonds is 2. The minimum Gasteiger partial charge on any atom is -0.383 e. The number of anilines is 2. The first-order chi connectivity index (χ1) is 16.9. The summed E-state index contributed by atoms with van der Waals surface area (Å²) < 4.78 is 28.4. The highest BCUT2D eigenvalue weighted by Crippen LogP contribution is 2.32. The lowest BCUT2D eigenvalue weighted by Crippen LogP contribution is -2.33. The number of halogens is 2. The Kier molecular flexibility index (Phi) is 6.03. The van der Waals surface area contributed by atoms with E-state index in [1.807, 2.05) is 5.38 Å². The van der Waals surface area contributed by atoms with Gasteiger partial charge in [-0.3, -0.25) is 4.84 Å². The minimum atomic E-state index is -0.660. The van der Waals surface area contributed by atoms with Crippen molar-refractivity contribution in [3.63, 3.8) is 0 Å². The zero-order chi connectivity index (χ0) is 24.5. The van der Waals surface area contributed by atoms with Crippen LogP contribution in [0.5, 0.6) is 0 Å². The number of amides is 2. The molecular formula is C25H19F2N5O2S. The van der Waals surface area contributed by atoms with Crippen LogP contribution in [0.25, 0.3) is 10.2 Å². The number of aryl methyl sites for hydroxylation is 1. The Labute approximate surface area is 203 Å². The zero-order valence-electron chi connectivity index (χ0n) is 18.5. The number of carbonyl (C=O) groups is 1. The number of nitrogens with two attached hydrogens (primary N) is 1. The largest absolute Gasteiger partial charge is 0.383 e. The minimum absolute atomic E-state index is 0.0450. The molecule has 3 N–H and O–H groups in total. The maximum Gasteiger partial charge on any atom is 0.346 e. The quantitative estimate of drug-likeness (QED) is 0.378. The molecule has 1 fully saturated rings. The lowest BCUT2D eigenvalue weighted by molar-refractivity contribution is -0.0830. The number of carbonyl (C=O) groups excluding carboxylic acids is 1. The summed E-state index contributed by atoms with van der Waals surface area (Å²) in [7, 11) is 0. The van der Waals surface area contributed by atoms with Gasteiger partial charge in [-0.25, -0.2) is 23.5 Å². The number of hydrogen-bond acceptors (Lipinski definition) is 6. The summed E-state index contributed by atoms with van der Waals surface area (Å²) in [5.74, 6) is 5.39. The van der Waals surface area contributed by atoms with Crippen molar-refractivity contribution in [3.8, 4) is 11.8 Å². The van der Waals surface area contributed by atoms with Crippen LogP contribution in [-0.2, 0) is 4.84 Å². The van der Waals surface area contributed by atoms with Crippen molar-refractivity contribution in [2.75, 3.05) is 17.7 Å². The smallest absolute Gasteiger partial charge is 0.346 e. The predicted molar refractivity (Wildman–Crippen MR) is 130 cm³/mol. The van der Waals surface area contributed by atoms with Crippen LogP contribution >= 0.6 is 11.3 Å². The van der Waals surface area contributed by atoms with Crippen molar-refractivity contribution in [3.05, 3.63) is 82.0 Å². The maximum atomic E-state index is 14.7. The zero-order valence-corrected chi connectivity index (χ0v) is 19.3. The number of hydroxylamine groups is 2. The molecule has 0 saturated carbocycles. The van der Waals surface area contributed by atoms with Gasteiger partial charge in [0.25, 0.3) is 0 Å². The molecule has 3 heterocycles. The van der Waals surface area contributed by atoms with E-state index in [2.05, 4.69) is 27.1 Å². The van der Waals surface area contributed by atoms with Crippen molar-refractivity contribution in [1.29, 1.82) is 0 Å². The third-order valence-electron chi connectivity index (χ3n) is 5.63. The lowest BCUT2D eigenvalue weighted by atomic mass is 10.0. The van der Waals surface area contributed by atoms with E-state index in [9.17, 15) is 13.6 Å². The van der Waals surface area contributed by atoms with Gasteiger partial charge in [-0.15, -0.1) is 11.3 Å². The Balaban J connectivity index is 1.41. The van der Waals surface area contributed by atoms with Crippen LogP contribution in [0, 0.1) is 30.4 Å². The Morgan fingerprint density at radius 3 is 2.89 bits per heavy atom. The molecule has 1 atom stereocenters. The van der Waals surface area contributed by atoms with Crippen molar-refractivity contribution in [1.82, 2.24) is 15.0 Å². The van der Waals surface area contributed by atoms with Crippen LogP contribution in [-0.4, -0.2) is 27.7 Å². The van der Waals surface area contributed by atoms with Gasteiger partial charge >= 0.3 is 6.03 Å². The Morgan fingerprint density at radius 2 is 2.06 bits per heavy atom. The van der Waals surface area contributed by atoms with E-state index in [0.29, 0.717) is 39.9 Å². The summed E-state index contributed by atoms with van der Waals surface area (Å²) in [6.07, 6.45) is 1.89. The number of nitrogens with one attached hydrogen (secondary N) is 1. The van der Waals surface area contributed by atoms with Gasteiger partial charge in [0.2, 0.25) is 0 Å². The molecule has 1 aliphatic rings. The fourth-order valence-corrected chi connectivity index (χ4v) is 4.73. The molecule has 1 saturated heterocycles. The number of hydrogen-bond donors (Lipinski definition) is 2. The van der Waals surface area contributed by atoms with Gasteiger partial charge in [0.1, 0.15) is 28.6 Å². The summed E-state index contributed by atoms with van der Waals surface area (Å²) >= 11 is 1.40. The Morgan fingerprint density at radius 1 is 1.23 bits per heavy atom. The second-order valence-corrected chi connectivity index (χ2v) is 8.79. The van der Waals surface area contributed by atoms with Crippen molar-refractivity contribution in [2.24, 2.45) is 0 Å². The summed E-state index contributed by atoms with van der Waals surface area (Å²) in [6, 6.07) is 7.59. The lowest BCUT2D eigenvalue weighted by Gasteiger charge is -2.23. The fourth-order valence-electron chi connectivity index (χ4n) is 3.88. The highest BCUT2D eigenvalue weighted by atomic mass is 32.1. The van der Waals surface area contributed by atoms with E-state index in [1.165, 1.54) is 41.9 Å². The molecule has 7 nitrogen and oxygen atoms in total. The first-order valence-corrected chi connectivity index (χ1v) is 11.6. The van der Waals surface area contributed by atoms with E-state index in [1.54, 1.807) is 19.1 Å². The van der Waals surface area contributed by atoms with E-state index in [0.717, 1.165) is 9.89 Å². The van der Waals surface area contributed by atoms with Gasteiger partial charge in [-0.05, 0) is 42.3 Å². The first-order valence-electron chi connectivity index (χ1n) is 10.7. The van der Waals surface area contributed by atoms with E-state index in [-0.39, 0.29) is 12.3 Å². The number of nitrogens with zero attached hydrogens (tertiary/aromatic N) is 3. The predicted octanol–water partition coefficient (Wildman–Crippen LogP) is 5.17. The van der Waals surface area contributed by atoms with Crippen molar-refractivity contribution in [2.45, 2.75) is 19.4 Å². The van der Waals surface area contributed by atoms with E-state index < -0.39 is 23.7 Å². The van der Waals surface area contributed by atoms with Crippen molar-refractivity contribution >= 4 is 39.1 Å². The second-order valence-electron chi connectivity index (χ2n) is 7.93. The monoisotopic (exact) mass is 491 g/mol. The molecule has 5 rings (SSSR count). The van der Waals surface area contributed by atoms with Gasteiger partial charge in [-0.2, -0.15) is 5.06 Å². The Bertz CT molecular complexity index is 1510. The first kappa shape index (κ1) is 22.7. The van der Waals surface area contributed by atoms with E-state index in [4.69, 9.17) is 10.6 Å². The SMILES string of the molecule is Cc1cc(F)c(NC(=O)N2OCC[C@@H]2c2cccc(F)c2)cc1C#Cc1csc2ncnc(N)c12. The molecule has 4 aromatic rings. The molecule has 35 heavy (non-hydrogen) atoms. The van der Waals surface area contributed by atoms with Crippen LogP contribution in [0.15, 0.2) is 48.1 Å². The molecule has 176 valence electrons. The van der Waals surface area contributed by atoms with Gasteiger partial charge in [-0.1, -0.05) is 24.0 Å². The normalized spacial score (nSPS) is 15.2. The molecule has 0 radical (unpaired) electrons. The number of nitrogen functional groups attached to an aromatic ring is 1. The molecule has 0 aliphatic carbocycles. The highest BCUT2D eigenvalue weighted by molar-refractivity contribution is 7.17. The topological polar surface area (TPSA) is 93.4 Å². The molecule has 2 amide bonds. The number of urea groups is 1. The summed E-state index contributed by atoms with van der Waals surface area (Å²) in [5, 5.41) is 6.17. The fraction of sp³-hybridized carbons (Fsp3) is 0.160. The van der Waals surface area contributed by atoms with Crippen LogP contribution in [0.2, 0.25) is 0 Å². The molecule has 0 unspecified atom stereocenters. The molecule has 2 aromatic carbocycles. The molecular weight excluding hydrogens is 472 g/mol. The second kappa shape index (κ2) is 9.29. The number of aromatic nitrogens is 2. The van der Waals surface area contributed by atoms with Crippen LogP contribution < -0.4 is 11.1 Å². The van der Waals surface area contributed by atoms with Crippen LogP contribution in [0.1, 0.15) is 34.7 Å². The molecule has 0 spiro atoms. The van der Waals surface area contributed by atoms with Gasteiger partial charge in [0.15, 0.2) is 0 Å². The van der Waals surface area contributed by atoms with Crippen LogP contribution in [0.3, 0.4) is 0 Å². The summed E-state index contributed by atoms with van der Waals surface area (Å²) in [4.78, 5) is 27.3. The summed E-state index contributed by atoms with van der Waals surface area (Å²) in [5.41, 5.74) is 8.33. The van der Waals surface area contributed by atoms with Crippen LogP contribution in [0.4, 0.5) is 25.1 Å².